The molecule has 4 nitrogen and oxygen atoms in total. The predicted octanol–water partition coefficient (Wildman–Crippen LogP) is 4.15. The number of aryl methyl sites for hydroxylation is 2. The number of piperazine rings is 1. The first-order valence-electron chi connectivity index (χ1n) is 9.77. The fourth-order valence-corrected chi connectivity index (χ4v) is 3.66. The van der Waals surface area contributed by atoms with Crippen molar-refractivity contribution in [3.8, 4) is 5.75 Å². The number of anilines is 1. The van der Waals surface area contributed by atoms with Crippen LogP contribution in [0.25, 0.3) is 0 Å². The average Bonchev–Trinajstić information content (AvgIpc) is 2.66. The molecule has 0 unspecified atom stereocenters. The van der Waals surface area contributed by atoms with E-state index in [0.29, 0.717) is 5.92 Å². The number of carbonyl (C=O) groups excluding carboxylic acids is 1. The number of nitrogens with zero attached hydrogens (tertiary/aromatic N) is 2. The van der Waals surface area contributed by atoms with E-state index < -0.39 is 0 Å². The maximum Gasteiger partial charge on any atom is 0.260 e. The lowest BCUT2D eigenvalue weighted by Gasteiger charge is -2.36. The molecule has 4 heteroatoms. The predicted molar refractivity (Wildman–Crippen MR) is 111 cm³/mol. The van der Waals surface area contributed by atoms with E-state index in [2.05, 4.69) is 62.9 Å². The molecule has 0 aromatic heterocycles. The van der Waals surface area contributed by atoms with Crippen molar-refractivity contribution in [1.82, 2.24) is 4.90 Å². The smallest absolute Gasteiger partial charge is 0.260 e. The van der Waals surface area contributed by atoms with Gasteiger partial charge < -0.3 is 14.5 Å². The molecular formula is C23H30N2O2. The molecule has 3 rings (SSSR count). The second kappa shape index (κ2) is 8.47. The lowest BCUT2D eigenvalue weighted by Crippen LogP contribution is -2.50. The number of ether oxygens (including phenoxy) is 1. The summed E-state index contributed by atoms with van der Waals surface area (Å²) >= 11 is 0. The Hall–Kier alpha value is -2.49. The first-order chi connectivity index (χ1) is 12.9. The highest BCUT2D eigenvalue weighted by Gasteiger charge is 2.21. The van der Waals surface area contributed by atoms with Crippen molar-refractivity contribution in [1.29, 1.82) is 0 Å². The van der Waals surface area contributed by atoms with Gasteiger partial charge in [-0.05, 0) is 60.7 Å². The Morgan fingerprint density at radius 2 is 1.78 bits per heavy atom. The van der Waals surface area contributed by atoms with Crippen LogP contribution in [0, 0.1) is 13.8 Å². The number of hydrogen-bond donors (Lipinski definition) is 0. The number of carbonyl (C=O) groups is 1. The van der Waals surface area contributed by atoms with Gasteiger partial charge in [0.1, 0.15) is 5.75 Å². The highest BCUT2D eigenvalue weighted by molar-refractivity contribution is 5.78. The Morgan fingerprint density at radius 3 is 2.41 bits per heavy atom. The van der Waals surface area contributed by atoms with Gasteiger partial charge in [0.05, 0.1) is 0 Å². The largest absolute Gasteiger partial charge is 0.484 e. The van der Waals surface area contributed by atoms with E-state index in [1.807, 2.05) is 17.0 Å². The molecule has 0 aliphatic carbocycles. The van der Waals surface area contributed by atoms with Crippen molar-refractivity contribution in [3.63, 3.8) is 0 Å². The highest BCUT2D eigenvalue weighted by Crippen LogP contribution is 2.23. The molecule has 2 aromatic carbocycles. The van der Waals surface area contributed by atoms with Gasteiger partial charge in [0.15, 0.2) is 6.61 Å². The first-order valence-corrected chi connectivity index (χ1v) is 9.77. The number of benzene rings is 2. The Morgan fingerprint density at radius 1 is 1.04 bits per heavy atom. The van der Waals surface area contributed by atoms with E-state index in [9.17, 15) is 4.79 Å². The van der Waals surface area contributed by atoms with Gasteiger partial charge in [0.2, 0.25) is 0 Å². The van der Waals surface area contributed by atoms with Crippen molar-refractivity contribution in [2.24, 2.45) is 0 Å². The molecule has 1 saturated heterocycles. The van der Waals surface area contributed by atoms with Gasteiger partial charge in [-0.15, -0.1) is 0 Å². The molecule has 27 heavy (non-hydrogen) atoms. The van der Waals surface area contributed by atoms with Crippen LogP contribution in [-0.4, -0.2) is 43.6 Å². The molecule has 1 aliphatic rings. The minimum atomic E-state index is 0.0597. The first kappa shape index (κ1) is 19.3. The normalized spacial score (nSPS) is 14.6. The fourth-order valence-electron chi connectivity index (χ4n) is 3.66. The summed E-state index contributed by atoms with van der Waals surface area (Å²) in [4.78, 5) is 16.8. The Kier molecular flexibility index (Phi) is 6.04. The van der Waals surface area contributed by atoms with Crippen molar-refractivity contribution in [3.05, 3.63) is 59.2 Å². The zero-order chi connectivity index (χ0) is 19.4. The quantitative estimate of drug-likeness (QED) is 0.797. The van der Waals surface area contributed by atoms with Crippen LogP contribution < -0.4 is 9.64 Å². The van der Waals surface area contributed by atoms with Crippen molar-refractivity contribution < 1.29 is 9.53 Å². The van der Waals surface area contributed by atoms with Crippen molar-refractivity contribution in [2.45, 2.75) is 33.6 Å². The highest BCUT2D eigenvalue weighted by atomic mass is 16.5. The third-order valence-electron chi connectivity index (χ3n) is 5.22. The Labute approximate surface area is 162 Å². The van der Waals surface area contributed by atoms with Crippen LogP contribution in [0.4, 0.5) is 5.69 Å². The minimum Gasteiger partial charge on any atom is -0.484 e. The van der Waals surface area contributed by atoms with E-state index in [-0.39, 0.29) is 12.5 Å². The summed E-state index contributed by atoms with van der Waals surface area (Å²) in [5.41, 5.74) is 5.03. The molecule has 1 aliphatic heterocycles. The third kappa shape index (κ3) is 4.82. The van der Waals surface area contributed by atoms with Crippen LogP contribution in [0.5, 0.6) is 5.75 Å². The van der Waals surface area contributed by atoms with Crippen LogP contribution in [0.1, 0.15) is 36.5 Å². The fraction of sp³-hybridized carbons (Fsp3) is 0.435. The maximum atomic E-state index is 12.5. The van der Waals surface area contributed by atoms with E-state index in [1.54, 1.807) is 0 Å². The summed E-state index contributed by atoms with van der Waals surface area (Å²) in [6.45, 7) is 11.9. The molecule has 1 heterocycles. The van der Waals surface area contributed by atoms with E-state index in [1.165, 1.54) is 22.4 Å². The summed E-state index contributed by atoms with van der Waals surface area (Å²) in [5, 5.41) is 0. The lowest BCUT2D eigenvalue weighted by atomic mass is 9.98. The standard InChI is InChI=1S/C23H30N2O2/c1-17(2)22-9-8-21(15-19(22)4)27-16-23(26)25-12-10-24(11-13-25)20-7-5-6-18(3)14-20/h5-9,14-15,17H,10-13,16H2,1-4H3. The number of hydrogen-bond acceptors (Lipinski definition) is 3. The minimum absolute atomic E-state index is 0.0597. The molecular weight excluding hydrogens is 336 g/mol. The molecule has 0 radical (unpaired) electrons. The zero-order valence-corrected chi connectivity index (χ0v) is 16.9. The van der Waals surface area contributed by atoms with Crippen LogP contribution in [0.3, 0.4) is 0 Å². The topological polar surface area (TPSA) is 32.8 Å². The van der Waals surface area contributed by atoms with Gasteiger partial charge in [-0.25, -0.2) is 0 Å². The van der Waals surface area contributed by atoms with Gasteiger partial charge in [-0.1, -0.05) is 32.0 Å². The molecule has 0 atom stereocenters. The molecule has 0 bridgehead atoms. The summed E-state index contributed by atoms with van der Waals surface area (Å²) in [6.07, 6.45) is 0. The van der Waals surface area contributed by atoms with Crippen LogP contribution >= 0.6 is 0 Å². The molecule has 1 fully saturated rings. The molecule has 144 valence electrons. The SMILES string of the molecule is Cc1cccc(N2CCN(C(=O)COc3ccc(C(C)C)c(C)c3)CC2)c1. The van der Waals surface area contributed by atoms with Gasteiger partial charge in [-0.2, -0.15) is 0 Å². The van der Waals surface area contributed by atoms with Gasteiger partial charge in [0, 0.05) is 31.9 Å². The van der Waals surface area contributed by atoms with Gasteiger partial charge in [-0.3, -0.25) is 4.79 Å². The number of rotatable bonds is 5. The molecule has 0 spiro atoms. The zero-order valence-electron chi connectivity index (χ0n) is 16.9. The van der Waals surface area contributed by atoms with E-state index in [0.717, 1.165) is 31.9 Å². The number of amides is 1. The third-order valence-corrected chi connectivity index (χ3v) is 5.22. The average molecular weight is 367 g/mol. The maximum absolute atomic E-state index is 12.5. The summed E-state index contributed by atoms with van der Waals surface area (Å²) in [7, 11) is 0. The molecule has 0 N–H and O–H groups in total. The molecule has 2 aromatic rings. The Bertz CT molecular complexity index is 793. The van der Waals surface area contributed by atoms with Crippen molar-refractivity contribution in [2.75, 3.05) is 37.7 Å². The van der Waals surface area contributed by atoms with Crippen LogP contribution in [0.2, 0.25) is 0 Å². The van der Waals surface area contributed by atoms with Gasteiger partial charge in [0.25, 0.3) is 5.91 Å². The van der Waals surface area contributed by atoms with E-state index >= 15 is 0 Å². The molecule has 1 amide bonds. The van der Waals surface area contributed by atoms with Crippen LogP contribution in [-0.2, 0) is 4.79 Å². The second-order valence-corrected chi connectivity index (χ2v) is 7.67. The lowest BCUT2D eigenvalue weighted by molar-refractivity contribution is -0.133. The van der Waals surface area contributed by atoms with Crippen LogP contribution in [0.15, 0.2) is 42.5 Å². The van der Waals surface area contributed by atoms with E-state index in [4.69, 9.17) is 4.74 Å². The Balaban J connectivity index is 1.50. The summed E-state index contributed by atoms with van der Waals surface area (Å²) in [6, 6.07) is 14.6. The van der Waals surface area contributed by atoms with Gasteiger partial charge >= 0.3 is 0 Å². The monoisotopic (exact) mass is 366 g/mol. The summed E-state index contributed by atoms with van der Waals surface area (Å²) in [5.74, 6) is 1.32. The molecule has 0 saturated carbocycles. The second-order valence-electron chi connectivity index (χ2n) is 7.67. The summed E-state index contributed by atoms with van der Waals surface area (Å²) < 4.78 is 5.76. The van der Waals surface area contributed by atoms with Crippen molar-refractivity contribution >= 4 is 11.6 Å².